The molecule has 0 amide bonds. The zero-order valence-corrected chi connectivity index (χ0v) is 11.2. The Hall–Kier alpha value is -1.46. The highest BCUT2D eigenvalue weighted by Crippen LogP contribution is 2.18. The molecule has 2 rings (SSSR count). The number of pyridine rings is 1. The maximum absolute atomic E-state index is 13.0. The van der Waals surface area contributed by atoms with Gasteiger partial charge in [-0.3, -0.25) is 4.98 Å². The molecule has 5 heteroatoms. The molecule has 0 spiro atoms. The smallest absolute Gasteiger partial charge is 0.139 e. The predicted octanol–water partition coefficient (Wildman–Crippen LogP) is 3.02. The van der Waals surface area contributed by atoms with Crippen LogP contribution in [-0.4, -0.2) is 4.98 Å². The van der Waals surface area contributed by atoms with Crippen LogP contribution in [0.1, 0.15) is 11.1 Å². The van der Waals surface area contributed by atoms with Crippen molar-refractivity contribution in [1.29, 1.82) is 0 Å². The monoisotopic (exact) mass is 310 g/mol. The van der Waals surface area contributed by atoms with Gasteiger partial charge < -0.3 is 10.5 Å². The van der Waals surface area contributed by atoms with E-state index in [1.165, 1.54) is 12.1 Å². The zero-order valence-electron chi connectivity index (χ0n) is 9.57. The summed E-state index contributed by atoms with van der Waals surface area (Å²) in [5.74, 6) is 0.361. The molecule has 2 aromatic rings. The summed E-state index contributed by atoms with van der Waals surface area (Å²) in [5, 5.41) is 0. The molecule has 0 saturated heterocycles. The van der Waals surface area contributed by atoms with Crippen molar-refractivity contribution in [1.82, 2.24) is 4.98 Å². The van der Waals surface area contributed by atoms with Crippen LogP contribution in [0, 0.1) is 5.82 Å². The second kappa shape index (κ2) is 5.93. The Morgan fingerprint density at radius 3 is 2.78 bits per heavy atom. The largest absolute Gasteiger partial charge is 0.487 e. The van der Waals surface area contributed by atoms with Crippen LogP contribution in [0.25, 0.3) is 0 Å². The first-order chi connectivity index (χ1) is 8.69. The van der Waals surface area contributed by atoms with Crippen LogP contribution in [0.5, 0.6) is 5.75 Å². The molecule has 0 aliphatic carbocycles. The third-order valence-electron chi connectivity index (χ3n) is 2.46. The molecule has 94 valence electrons. The Morgan fingerprint density at radius 2 is 2.06 bits per heavy atom. The van der Waals surface area contributed by atoms with Crippen molar-refractivity contribution < 1.29 is 9.13 Å². The van der Waals surface area contributed by atoms with Gasteiger partial charge in [0, 0.05) is 17.2 Å². The Bertz CT molecular complexity index is 548. The SMILES string of the molecule is NCc1cc(F)ccc1COc1cncc(Br)c1. The molecular formula is C13H12BrFN2O. The van der Waals surface area contributed by atoms with Gasteiger partial charge in [0.1, 0.15) is 18.2 Å². The molecule has 0 radical (unpaired) electrons. The standard InChI is InChI=1S/C13H12BrFN2O/c14-11-4-13(7-17-6-11)18-8-9-1-2-12(15)3-10(9)5-16/h1-4,6-7H,5,8,16H2. The van der Waals surface area contributed by atoms with E-state index < -0.39 is 0 Å². The van der Waals surface area contributed by atoms with Gasteiger partial charge in [0.2, 0.25) is 0 Å². The lowest BCUT2D eigenvalue weighted by Gasteiger charge is -2.10. The van der Waals surface area contributed by atoms with Crippen LogP contribution in [0.2, 0.25) is 0 Å². The number of hydrogen-bond donors (Lipinski definition) is 1. The van der Waals surface area contributed by atoms with Crippen molar-refractivity contribution in [2.24, 2.45) is 5.73 Å². The number of nitrogens with two attached hydrogens (primary N) is 1. The third kappa shape index (κ3) is 3.27. The lowest BCUT2D eigenvalue weighted by atomic mass is 10.1. The summed E-state index contributed by atoms with van der Waals surface area (Å²) in [5.41, 5.74) is 7.19. The lowest BCUT2D eigenvalue weighted by Crippen LogP contribution is -2.05. The summed E-state index contributed by atoms with van der Waals surface area (Å²) in [4.78, 5) is 4.00. The van der Waals surface area contributed by atoms with E-state index in [9.17, 15) is 4.39 Å². The minimum Gasteiger partial charge on any atom is -0.487 e. The van der Waals surface area contributed by atoms with Crippen LogP contribution in [0.4, 0.5) is 4.39 Å². The molecule has 0 bridgehead atoms. The maximum Gasteiger partial charge on any atom is 0.139 e. The summed E-state index contributed by atoms with van der Waals surface area (Å²) in [6.45, 7) is 0.623. The number of benzene rings is 1. The van der Waals surface area contributed by atoms with E-state index in [2.05, 4.69) is 20.9 Å². The summed E-state index contributed by atoms with van der Waals surface area (Å²) in [6.07, 6.45) is 3.30. The summed E-state index contributed by atoms with van der Waals surface area (Å²) >= 11 is 3.31. The summed E-state index contributed by atoms with van der Waals surface area (Å²) in [7, 11) is 0. The topological polar surface area (TPSA) is 48.1 Å². The first-order valence-corrected chi connectivity index (χ1v) is 6.19. The van der Waals surface area contributed by atoms with Gasteiger partial charge in [0.15, 0.2) is 0 Å². The van der Waals surface area contributed by atoms with Crippen LogP contribution in [0.3, 0.4) is 0 Å². The van der Waals surface area contributed by atoms with Crippen molar-refractivity contribution in [2.75, 3.05) is 0 Å². The highest BCUT2D eigenvalue weighted by atomic mass is 79.9. The van der Waals surface area contributed by atoms with Crippen LogP contribution < -0.4 is 10.5 Å². The normalized spacial score (nSPS) is 10.4. The molecule has 3 nitrogen and oxygen atoms in total. The minimum atomic E-state index is -0.289. The molecule has 1 heterocycles. The van der Waals surface area contributed by atoms with Gasteiger partial charge in [0.05, 0.1) is 6.20 Å². The van der Waals surface area contributed by atoms with Gasteiger partial charge in [-0.05, 0) is 45.3 Å². The van der Waals surface area contributed by atoms with Crippen molar-refractivity contribution in [3.63, 3.8) is 0 Å². The van der Waals surface area contributed by atoms with E-state index in [4.69, 9.17) is 10.5 Å². The van der Waals surface area contributed by atoms with Crippen LogP contribution in [0.15, 0.2) is 41.1 Å². The predicted molar refractivity (Wildman–Crippen MR) is 70.6 cm³/mol. The van der Waals surface area contributed by atoms with Crippen LogP contribution in [-0.2, 0) is 13.2 Å². The molecule has 0 aliphatic heterocycles. The number of ether oxygens (including phenoxy) is 1. The molecule has 1 aromatic heterocycles. The Balaban J connectivity index is 2.10. The first kappa shape index (κ1) is 13.0. The van der Waals surface area contributed by atoms with E-state index in [1.54, 1.807) is 18.5 Å². The first-order valence-electron chi connectivity index (χ1n) is 5.40. The van der Waals surface area contributed by atoms with E-state index in [0.717, 1.165) is 15.6 Å². The molecular weight excluding hydrogens is 299 g/mol. The molecule has 0 fully saturated rings. The fourth-order valence-corrected chi connectivity index (χ4v) is 1.90. The van der Waals surface area contributed by atoms with Gasteiger partial charge in [-0.1, -0.05) is 6.07 Å². The second-order valence-electron chi connectivity index (χ2n) is 3.74. The van der Waals surface area contributed by atoms with Gasteiger partial charge in [0.25, 0.3) is 0 Å². The number of nitrogens with zero attached hydrogens (tertiary/aromatic N) is 1. The van der Waals surface area contributed by atoms with Gasteiger partial charge in [-0.2, -0.15) is 0 Å². The number of aromatic nitrogens is 1. The van der Waals surface area contributed by atoms with Crippen molar-refractivity contribution in [2.45, 2.75) is 13.2 Å². The molecule has 0 unspecified atom stereocenters. The number of halogens is 2. The van der Waals surface area contributed by atoms with E-state index >= 15 is 0 Å². The van der Waals surface area contributed by atoms with Gasteiger partial charge in [-0.15, -0.1) is 0 Å². The van der Waals surface area contributed by atoms with Crippen molar-refractivity contribution in [3.05, 3.63) is 58.1 Å². The van der Waals surface area contributed by atoms with E-state index in [1.807, 2.05) is 6.07 Å². The Labute approximate surface area is 113 Å². The van der Waals surface area contributed by atoms with Gasteiger partial charge in [-0.25, -0.2) is 4.39 Å². The van der Waals surface area contributed by atoms with Crippen LogP contribution >= 0.6 is 15.9 Å². The lowest BCUT2D eigenvalue weighted by molar-refractivity contribution is 0.303. The molecule has 0 saturated carbocycles. The molecule has 18 heavy (non-hydrogen) atoms. The second-order valence-corrected chi connectivity index (χ2v) is 4.66. The quantitative estimate of drug-likeness (QED) is 0.944. The van der Waals surface area contributed by atoms with Crippen molar-refractivity contribution >= 4 is 15.9 Å². The van der Waals surface area contributed by atoms with E-state index in [-0.39, 0.29) is 12.4 Å². The average Bonchev–Trinajstić information content (AvgIpc) is 2.37. The fourth-order valence-electron chi connectivity index (χ4n) is 1.56. The minimum absolute atomic E-state index is 0.285. The maximum atomic E-state index is 13.0. The Morgan fingerprint density at radius 1 is 1.22 bits per heavy atom. The van der Waals surface area contributed by atoms with Gasteiger partial charge >= 0.3 is 0 Å². The summed E-state index contributed by atoms with van der Waals surface area (Å²) < 4.78 is 19.5. The molecule has 2 N–H and O–H groups in total. The molecule has 0 aliphatic rings. The van der Waals surface area contributed by atoms with Crippen molar-refractivity contribution in [3.8, 4) is 5.75 Å². The Kier molecular flexibility index (Phi) is 4.28. The molecule has 0 atom stereocenters. The third-order valence-corrected chi connectivity index (χ3v) is 2.90. The van der Waals surface area contributed by atoms with E-state index in [0.29, 0.717) is 12.4 Å². The average molecular weight is 311 g/mol. The zero-order chi connectivity index (χ0) is 13.0. The summed E-state index contributed by atoms with van der Waals surface area (Å²) in [6, 6.07) is 6.33. The number of rotatable bonds is 4. The fraction of sp³-hybridized carbons (Fsp3) is 0.154. The number of hydrogen-bond acceptors (Lipinski definition) is 3. The highest BCUT2D eigenvalue weighted by Gasteiger charge is 2.04. The molecule has 1 aromatic carbocycles. The highest BCUT2D eigenvalue weighted by molar-refractivity contribution is 9.10.